The van der Waals surface area contributed by atoms with E-state index in [2.05, 4.69) is 10.6 Å². The standard InChI is InChI=1S/C14H18N2O3.ClH/c17-14(7-10-3-4-15-9-10)16-11-1-2-12-13(8-11)19-6-5-18-12;/h1-2,8,10,15H,3-7,9H2,(H,16,17);1H. The molecule has 2 heterocycles. The van der Waals surface area contributed by atoms with Crippen molar-refractivity contribution in [1.29, 1.82) is 0 Å². The molecule has 6 heteroatoms. The molecule has 0 aromatic heterocycles. The lowest BCUT2D eigenvalue weighted by molar-refractivity contribution is -0.116. The van der Waals surface area contributed by atoms with E-state index in [0.717, 1.165) is 30.9 Å². The van der Waals surface area contributed by atoms with Gasteiger partial charge in [-0.25, -0.2) is 0 Å². The summed E-state index contributed by atoms with van der Waals surface area (Å²) in [6.45, 7) is 3.09. The SMILES string of the molecule is Cl.O=C(CC1CCNC1)Nc1ccc2c(c1)OCCO2. The monoisotopic (exact) mass is 298 g/mol. The van der Waals surface area contributed by atoms with Crippen LogP contribution in [0, 0.1) is 5.92 Å². The second-order valence-corrected chi connectivity index (χ2v) is 4.97. The molecule has 1 aromatic carbocycles. The number of ether oxygens (including phenoxy) is 2. The first kappa shape index (κ1) is 14.9. The Morgan fingerprint density at radius 2 is 2.10 bits per heavy atom. The molecule has 3 rings (SSSR count). The van der Waals surface area contributed by atoms with E-state index in [-0.39, 0.29) is 18.3 Å². The molecule has 2 aliphatic heterocycles. The minimum atomic E-state index is 0. The van der Waals surface area contributed by atoms with Gasteiger partial charge in [-0.2, -0.15) is 0 Å². The van der Waals surface area contributed by atoms with Crippen molar-refractivity contribution >= 4 is 24.0 Å². The Bertz CT molecular complexity index is 475. The number of hydrogen-bond donors (Lipinski definition) is 2. The Kier molecular flexibility index (Phi) is 5.09. The maximum absolute atomic E-state index is 11.9. The van der Waals surface area contributed by atoms with Crippen LogP contribution in [-0.4, -0.2) is 32.2 Å². The maximum Gasteiger partial charge on any atom is 0.224 e. The number of fused-ring (bicyclic) bond motifs is 1. The summed E-state index contributed by atoms with van der Waals surface area (Å²) in [6.07, 6.45) is 1.65. The Morgan fingerprint density at radius 1 is 1.30 bits per heavy atom. The summed E-state index contributed by atoms with van der Waals surface area (Å²) < 4.78 is 10.9. The lowest BCUT2D eigenvalue weighted by atomic mass is 10.0. The topological polar surface area (TPSA) is 59.6 Å². The Labute approximate surface area is 124 Å². The smallest absolute Gasteiger partial charge is 0.224 e. The highest BCUT2D eigenvalue weighted by atomic mass is 35.5. The van der Waals surface area contributed by atoms with Crippen LogP contribution in [0.25, 0.3) is 0 Å². The number of halogens is 1. The molecule has 2 aliphatic rings. The average Bonchev–Trinajstić information content (AvgIpc) is 2.91. The van der Waals surface area contributed by atoms with Crippen molar-refractivity contribution in [1.82, 2.24) is 5.32 Å². The molecule has 0 aliphatic carbocycles. The molecule has 1 amide bonds. The van der Waals surface area contributed by atoms with Crippen LogP contribution in [0.3, 0.4) is 0 Å². The highest BCUT2D eigenvalue weighted by molar-refractivity contribution is 5.91. The molecule has 20 heavy (non-hydrogen) atoms. The van der Waals surface area contributed by atoms with E-state index in [1.54, 1.807) is 0 Å². The zero-order valence-electron chi connectivity index (χ0n) is 11.2. The van der Waals surface area contributed by atoms with Crippen LogP contribution in [0.15, 0.2) is 18.2 Å². The summed E-state index contributed by atoms with van der Waals surface area (Å²) >= 11 is 0. The lowest BCUT2D eigenvalue weighted by Crippen LogP contribution is -2.19. The van der Waals surface area contributed by atoms with E-state index in [1.165, 1.54) is 0 Å². The fourth-order valence-electron chi connectivity index (χ4n) is 2.48. The molecule has 1 aromatic rings. The van der Waals surface area contributed by atoms with Crippen LogP contribution in [0.5, 0.6) is 11.5 Å². The predicted octanol–water partition coefficient (Wildman–Crippen LogP) is 1.82. The number of anilines is 1. The fourth-order valence-corrected chi connectivity index (χ4v) is 2.48. The van der Waals surface area contributed by atoms with Crippen molar-refractivity contribution < 1.29 is 14.3 Å². The first-order chi connectivity index (χ1) is 9.31. The van der Waals surface area contributed by atoms with Crippen LogP contribution in [0.2, 0.25) is 0 Å². The zero-order valence-corrected chi connectivity index (χ0v) is 12.0. The first-order valence-corrected chi connectivity index (χ1v) is 6.71. The number of nitrogens with one attached hydrogen (secondary N) is 2. The minimum Gasteiger partial charge on any atom is -0.486 e. The zero-order chi connectivity index (χ0) is 13.1. The van der Waals surface area contributed by atoms with Gasteiger partial charge in [0.2, 0.25) is 5.91 Å². The summed E-state index contributed by atoms with van der Waals surface area (Å²) in [6, 6.07) is 5.50. The summed E-state index contributed by atoms with van der Waals surface area (Å²) in [5.74, 6) is 1.96. The minimum absolute atomic E-state index is 0. The van der Waals surface area contributed by atoms with E-state index < -0.39 is 0 Å². The van der Waals surface area contributed by atoms with E-state index in [9.17, 15) is 4.79 Å². The second kappa shape index (κ2) is 6.81. The van der Waals surface area contributed by atoms with Crippen molar-refractivity contribution in [2.75, 3.05) is 31.6 Å². The van der Waals surface area contributed by atoms with E-state index in [1.807, 2.05) is 18.2 Å². The highest BCUT2D eigenvalue weighted by Gasteiger charge is 2.18. The Morgan fingerprint density at radius 3 is 2.85 bits per heavy atom. The summed E-state index contributed by atoms with van der Waals surface area (Å²) in [7, 11) is 0. The molecular formula is C14H19ClN2O3. The third-order valence-corrected chi connectivity index (χ3v) is 3.46. The lowest BCUT2D eigenvalue weighted by Gasteiger charge is -2.19. The van der Waals surface area contributed by atoms with E-state index in [4.69, 9.17) is 9.47 Å². The van der Waals surface area contributed by atoms with Gasteiger partial charge in [0.1, 0.15) is 13.2 Å². The van der Waals surface area contributed by atoms with Gasteiger partial charge in [0.15, 0.2) is 11.5 Å². The van der Waals surface area contributed by atoms with Crippen molar-refractivity contribution in [3.63, 3.8) is 0 Å². The Hall–Kier alpha value is -1.46. The number of rotatable bonds is 3. The van der Waals surface area contributed by atoms with Gasteiger partial charge in [0.25, 0.3) is 0 Å². The molecule has 0 bridgehead atoms. The molecule has 2 N–H and O–H groups in total. The molecule has 1 atom stereocenters. The fraction of sp³-hybridized carbons (Fsp3) is 0.500. The normalized spacial score (nSPS) is 20.1. The summed E-state index contributed by atoms with van der Waals surface area (Å²) in [5.41, 5.74) is 0.764. The van der Waals surface area contributed by atoms with Gasteiger partial charge in [-0.05, 0) is 37.6 Å². The molecule has 110 valence electrons. The summed E-state index contributed by atoms with van der Waals surface area (Å²) in [5, 5.41) is 6.18. The maximum atomic E-state index is 11.9. The largest absolute Gasteiger partial charge is 0.486 e. The van der Waals surface area contributed by atoms with Crippen molar-refractivity contribution in [2.45, 2.75) is 12.8 Å². The van der Waals surface area contributed by atoms with Crippen LogP contribution in [0.1, 0.15) is 12.8 Å². The predicted molar refractivity (Wildman–Crippen MR) is 78.9 cm³/mol. The first-order valence-electron chi connectivity index (χ1n) is 6.71. The van der Waals surface area contributed by atoms with Crippen molar-refractivity contribution in [2.24, 2.45) is 5.92 Å². The van der Waals surface area contributed by atoms with Gasteiger partial charge >= 0.3 is 0 Å². The quantitative estimate of drug-likeness (QED) is 0.894. The molecule has 5 nitrogen and oxygen atoms in total. The van der Waals surface area contributed by atoms with Gasteiger partial charge in [-0.1, -0.05) is 0 Å². The highest BCUT2D eigenvalue weighted by Crippen LogP contribution is 2.32. The third-order valence-electron chi connectivity index (χ3n) is 3.46. The van der Waals surface area contributed by atoms with E-state index in [0.29, 0.717) is 31.3 Å². The average molecular weight is 299 g/mol. The van der Waals surface area contributed by atoms with Crippen LogP contribution >= 0.6 is 12.4 Å². The summed E-state index contributed by atoms with van der Waals surface area (Å²) in [4.78, 5) is 11.9. The van der Waals surface area contributed by atoms with Gasteiger partial charge in [0.05, 0.1) is 0 Å². The Balaban J connectivity index is 0.00000147. The molecule has 1 unspecified atom stereocenters. The number of carbonyl (C=O) groups is 1. The van der Waals surface area contributed by atoms with Gasteiger partial charge in [-0.15, -0.1) is 12.4 Å². The number of carbonyl (C=O) groups excluding carboxylic acids is 1. The van der Waals surface area contributed by atoms with Gasteiger partial charge in [0, 0.05) is 18.2 Å². The molecule has 0 spiro atoms. The van der Waals surface area contributed by atoms with Crippen LogP contribution in [-0.2, 0) is 4.79 Å². The van der Waals surface area contributed by atoms with Crippen LogP contribution < -0.4 is 20.1 Å². The molecule has 0 saturated carbocycles. The third kappa shape index (κ3) is 3.55. The number of benzene rings is 1. The molecule has 1 fully saturated rings. The second-order valence-electron chi connectivity index (χ2n) is 4.97. The van der Waals surface area contributed by atoms with Gasteiger partial charge in [-0.3, -0.25) is 4.79 Å². The molecule has 1 saturated heterocycles. The van der Waals surface area contributed by atoms with E-state index >= 15 is 0 Å². The molecule has 0 radical (unpaired) electrons. The van der Waals surface area contributed by atoms with Crippen molar-refractivity contribution in [3.8, 4) is 11.5 Å². The number of hydrogen-bond acceptors (Lipinski definition) is 4. The molecular weight excluding hydrogens is 280 g/mol. The van der Waals surface area contributed by atoms with Gasteiger partial charge < -0.3 is 20.1 Å². The number of amides is 1. The van der Waals surface area contributed by atoms with Crippen molar-refractivity contribution in [3.05, 3.63) is 18.2 Å². The van der Waals surface area contributed by atoms with Crippen LogP contribution in [0.4, 0.5) is 5.69 Å².